The molecular formula is C36H37N7O3. The van der Waals surface area contributed by atoms with Crippen LogP contribution in [0.25, 0.3) is 22.5 Å². The van der Waals surface area contributed by atoms with E-state index in [1.165, 1.54) is 0 Å². The number of aromatic nitrogens is 4. The number of aromatic amines is 1. The largest absolute Gasteiger partial charge is 0.508 e. The third-order valence-electron chi connectivity index (χ3n) is 8.33. The Labute approximate surface area is 267 Å². The number of para-hydroxylation sites is 1. The van der Waals surface area contributed by atoms with Crippen LogP contribution in [-0.4, -0.2) is 49.1 Å². The summed E-state index contributed by atoms with van der Waals surface area (Å²) >= 11 is 0. The second-order valence-corrected chi connectivity index (χ2v) is 12.3. The zero-order chi connectivity index (χ0) is 32.1. The van der Waals surface area contributed by atoms with Crippen LogP contribution in [0.4, 0.5) is 5.69 Å². The van der Waals surface area contributed by atoms with E-state index in [-0.39, 0.29) is 24.0 Å². The van der Waals surface area contributed by atoms with Gasteiger partial charge in [0.2, 0.25) is 11.8 Å². The molecule has 1 atom stereocenters. The number of rotatable bonds is 10. The van der Waals surface area contributed by atoms with E-state index in [9.17, 15) is 14.7 Å². The van der Waals surface area contributed by atoms with Gasteiger partial charge in [-0.05, 0) is 83.1 Å². The first-order valence-corrected chi connectivity index (χ1v) is 15.4. The number of aromatic hydroxyl groups is 1. The van der Waals surface area contributed by atoms with Crippen molar-refractivity contribution in [2.75, 3.05) is 4.90 Å². The first-order valence-electron chi connectivity index (χ1n) is 15.4. The van der Waals surface area contributed by atoms with Gasteiger partial charge in [-0.25, -0.2) is 5.10 Å². The van der Waals surface area contributed by atoms with Crippen molar-refractivity contribution in [1.82, 2.24) is 31.3 Å². The quantitative estimate of drug-likeness (QED) is 0.170. The number of nitrogens with one attached hydrogen (secondary N) is 3. The van der Waals surface area contributed by atoms with E-state index in [0.29, 0.717) is 31.8 Å². The van der Waals surface area contributed by atoms with Gasteiger partial charge in [-0.1, -0.05) is 78.9 Å². The van der Waals surface area contributed by atoms with Crippen LogP contribution in [0, 0.1) is 0 Å². The van der Waals surface area contributed by atoms with Crippen molar-refractivity contribution in [1.29, 1.82) is 0 Å². The minimum Gasteiger partial charge on any atom is -0.508 e. The molecule has 4 aromatic carbocycles. The van der Waals surface area contributed by atoms with Gasteiger partial charge in [-0.3, -0.25) is 9.59 Å². The number of H-pyrrole nitrogens is 1. The van der Waals surface area contributed by atoms with Gasteiger partial charge in [0.05, 0.1) is 6.54 Å². The smallest absolute Gasteiger partial charge is 0.249 e. The summed E-state index contributed by atoms with van der Waals surface area (Å²) in [6.07, 6.45) is 1.40. The molecule has 5 aromatic rings. The fraction of sp³-hybridized carbons (Fsp3) is 0.250. The molecule has 1 aliphatic heterocycles. The Morgan fingerprint density at radius 1 is 0.935 bits per heavy atom. The van der Waals surface area contributed by atoms with E-state index in [1.54, 1.807) is 17.0 Å². The third-order valence-corrected chi connectivity index (χ3v) is 8.33. The van der Waals surface area contributed by atoms with E-state index in [4.69, 9.17) is 0 Å². The summed E-state index contributed by atoms with van der Waals surface area (Å²) in [7, 11) is 0. The van der Waals surface area contributed by atoms with Gasteiger partial charge in [0.15, 0.2) is 5.82 Å². The molecular weight excluding hydrogens is 578 g/mol. The molecule has 0 spiro atoms. The molecule has 2 heterocycles. The summed E-state index contributed by atoms with van der Waals surface area (Å²) in [5.74, 6) is 0.500. The molecule has 6 rings (SSSR count). The lowest BCUT2D eigenvalue weighted by Crippen LogP contribution is -2.50. The second kappa shape index (κ2) is 13.3. The zero-order valence-corrected chi connectivity index (χ0v) is 25.9. The highest BCUT2D eigenvalue weighted by Crippen LogP contribution is 2.32. The molecule has 0 aliphatic carbocycles. The maximum Gasteiger partial charge on any atom is 0.249 e. The first-order chi connectivity index (χ1) is 22.3. The Balaban J connectivity index is 1.16. The van der Waals surface area contributed by atoms with E-state index < -0.39 is 11.6 Å². The number of carbonyl (C=O) groups is 2. The van der Waals surface area contributed by atoms with Gasteiger partial charge in [0.1, 0.15) is 11.8 Å². The number of anilines is 1. The van der Waals surface area contributed by atoms with Crippen LogP contribution >= 0.6 is 0 Å². The molecule has 0 radical (unpaired) electrons. The van der Waals surface area contributed by atoms with E-state index >= 15 is 0 Å². The molecule has 4 N–H and O–H groups in total. The summed E-state index contributed by atoms with van der Waals surface area (Å²) < 4.78 is 0. The van der Waals surface area contributed by atoms with E-state index in [2.05, 4.69) is 37.3 Å². The lowest BCUT2D eigenvalue weighted by Gasteiger charge is -2.29. The van der Waals surface area contributed by atoms with Crippen molar-refractivity contribution < 1.29 is 14.7 Å². The molecule has 234 valence electrons. The average Bonchev–Trinajstić information content (AvgIpc) is 3.57. The molecule has 46 heavy (non-hydrogen) atoms. The monoisotopic (exact) mass is 615 g/mol. The molecule has 0 saturated carbocycles. The van der Waals surface area contributed by atoms with Gasteiger partial charge in [-0.2, -0.15) is 0 Å². The molecule has 2 amide bonds. The second-order valence-electron chi connectivity index (χ2n) is 12.3. The van der Waals surface area contributed by atoms with Crippen molar-refractivity contribution in [2.45, 2.75) is 57.8 Å². The fourth-order valence-corrected chi connectivity index (χ4v) is 5.86. The number of hydrogen-bond acceptors (Lipinski definition) is 7. The summed E-state index contributed by atoms with van der Waals surface area (Å²) in [6, 6.07) is 30.3. The molecule has 0 fully saturated rings. The first kappa shape index (κ1) is 30.7. The Bertz CT molecular complexity index is 1800. The van der Waals surface area contributed by atoms with Crippen molar-refractivity contribution in [2.24, 2.45) is 0 Å². The summed E-state index contributed by atoms with van der Waals surface area (Å²) in [4.78, 5) is 29.2. The molecule has 0 bridgehead atoms. The van der Waals surface area contributed by atoms with Crippen molar-refractivity contribution in [3.63, 3.8) is 0 Å². The molecule has 10 heteroatoms. The predicted molar refractivity (Wildman–Crippen MR) is 177 cm³/mol. The number of aryl methyl sites for hydroxylation is 1. The van der Waals surface area contributed by atoms with Gasteiger partial charge in [0, 0.05) is 29.8 Å². The lowest BCUT2D eigenvalue weighted by molar-refractivity contribution is -0.128. The van der Waals surface area contributed by atoms with Crippen LogP contribution in [0.1, 0.15) is 43.4 Å². The standard InChI is InChI=1S/C36H37N7O3/c1-36(2,37-22-24-13-18-28(44)19-14-24)21-33(45)38-31-20-17-27-7-3-6-10-32(27)43(35(31)46)23-25-11-15-26(16-12-25)29-8-4-5-9-30(29)34-39-41-42-40-34/h3-16,18-19,31,37,44H,17,20-23H2,1-2H3,(H,38,45)(H,39,40,41,42)/t31-/m1/s1. The van der Waals surface area contributed by atoms with Crippen molar-refractivity contribution in [3.8, 4) is 28.3 Å². The van der Waals surface area contributed by atoms with E-state index in [1.807, 2.05) is 92.7 Å². The van der Waals surface area contributed by atoms with E-state index in [0.717, 1.165) is 39.1 Å². The summed E-state index contributed by atoms with van der Waals surface area (Å²) in [5, 5.41) is 30.4. The highest BCUT2D eigenvalue weighted by molar-refractivity contribution is 6.00. The third kappa shape index (κ3) is 7.13. The molecule has 1 aromatic heterocycles. The topological polar surface area (TPSA) is 136 Å². The fourth-order valence-electron chi connectivity index (χ4n) is 5.86. The van der Waals surface area contributed by atoms with Crippen LogP contribution in [-0.2, 0) is 29.1 Å². The number of carbonyl (C=O) groups excluding carboxylic acids is 2. The number of fused-ring (bicyclic) bond motifs is 1. The van der Waals surface area contributed by atoms with Crippen molar-refractivity contribution in [3.05, 3.63) is 114 Å². The maximum absolute atomic E-state index is 14.1. The number of phenolic OH excluding ortho intramolecular Hbond substituents is 1. The number of tetrazole rings is 1. The predicted octanol–water partition coefficient (Wildman–Crippen LogP) is 5.16. The highest BCUT2D eigenvalue weighted by atomic mass is 16.3. The number of phenols is 1. The van der Waals surface area contributed by atoms with Crippen LogP contribution in [0.2, 0.25) is 0 Å². The van der Waals surface area contributed by atoms with Gasteiger partial charge >= 0.3 is 0 Å². The van der Waals surface area contributed by atoms with Crippen LogP contribution in [0.15, 0.2) is 97.1 Å². The zero-order valence-electron chi connectivity index (χ0n) is 25.9. The Kier molecular flexibility index (Phi) is 8.89. The highest BCUT2D eigenvalue weighted by Gasteiger charge is 2.32. The van der Waals surface area contributed by atoms with Crippen LogP contribution in [0.3, 0.4) is 0 Å². The Morgan fingerprint density at radius 2 is 1.63 bits per heavy atom. The molecule has 10 nitrogen and oxygen atoms in total. The Hall–Kier alpha value is -5.35. The Morgan fingerprint density at radius 3 is 2.37 bits per heavy atom. The summed E-state index contributed by atoms with van der Waals surface area (Å²) in [5.41, 5.74) is 6.30. The number of nitrogens with zero attached hydrogens (tertiary/aromatic N) is 4. The molecule has 0 saturated heterocycles. The minimum absolute atomic E-state index is 0.125. The summed E-state index contributed by atoms with van der Waals surface area (Å²) in [6.45, 7) is 4.85. The minimum atomic E-state index is -0.644. The number of amides is 2. The van der Waals surface area contributed by atoms with Gasteiger partial charge in [-0.15, -0.1) is 5.10 Å². The molecule has 1 aliphatic rings. The normalized spacial score (nSPS) is 14.9. The molecule has 0 unspecified atom stereocenters. The number of benzene rings is 4. The van der Waals surface area contributed by atoms with Crippen LogP contribution in [0.5, 0.6) is 5.75 Å². The average molecular weight is 616 g/mol. The SMILES string of the molecule is CC(C)(CC(=O)N[C@@H]1CCc2ccccc2N(Cc2ccc(-c3ccccc3-c3nnn[nH]3)cc2)C1=O)NCc1ccc(O)cc1. The van der Waals surface area contributed by atoms with Crippen molar-refractivity contribution >= 4 is 17.5 Å². The van der Waals surface area contributed by atoms with Gasteiger partial charge in [0.25, 0.3) is 0 Å². The van der Waals surface area contributed by atoms with Gasteiger partial charge < -0.3 is 20.6 Å². The van der Waals surface area contributed by atoms with Crippen LogP contribution < -0.4 is 15.5 Å². The lowest BCUT2D eigenvalue weighted by atomic mass is 9.98. The number of hydrogen-bond donors (Lipinski definition) is 4. The maximum atomic E-state index is 14.1.